The molecule has 11 heteroatoms. The minimum Gasteiger partial charge on any atom is -0.404 e. The Hall–Kier alpha value is -4.12. The number of nitrogens with zero attached hydrogens (tertiary/aromatic N) is 4. The van der Waals surface area contributed by atoms with E-state index in [2.05, 4.69) is 51.5 Å². The number of carbonyl (C=O) groups excluding carboxylic acids is 2. The number of hydrogen-bond donors (Lipinski definition) is 4. The Morgan fingerprint density at radius 3 is 2.43 bits per heavy atom. The maximum Gasteiger partial charge on any atom is 0.278 e. The van der Waals surface area contributed by atoms with E-state index in [0.717, 1.165) is 11.5 Å². The lowest BCUT2D eigenvalue weighted by molar-refractivity contribution is -0.116. The van der Waals surface area contributed by atoms with Crippen LogP contribution < -0.4 is 22.2 Å². The molecule has 1 atom stereocenters. The molecule has 0 aliphatic carbocycles. The van der Waals surface area contributed by atoms with Crippen molar-refractivity contribution < 1.29 is 14.3 Å². The second-order valence-electron chi connectivity index (χ2n) is 10.3. The van der Waals surface area contributed by atoms with Gasteiger partial charge in [-0.15, -0.1) is 0 Å². The molecule has 1 fully saturated rings. The summed E-state index contributed by atoms with van der Waals surface area (Å²) in [6, 6.07) is 5.12. The normalized spacial score (nSPS) is 14.5. The first-order valence-electron chi connectivity index (χ1n) is 14.6. The number of pyridine rings is 2. The van der Waals surface area contributed by atoms with Gasteiger partial charge in [0.1, 0.15) is 0 Å². The molecule has 0 spiro atoms. The number of anilines is 2. The van der Waals surface area contributed by atoms with E-state index in [4.69, 9.17) is 16.3 Å². The SMILES string of the molecule is CCC(=O)Nc1cnc(C)c(NC(=O)/C(=N/N)c2ccc(/C(C=NC3COC3)=C/N)cn2)c1.CCCCC(C)CCC. The van der Waals surface area contributed by atoms with E-state index < -0.39 is 5.91 Å². The number of amides is 2. The molecule has 6 N–H and O–H groups in total. The lowest BCUT2D eigenvalue weighted by Gasteiger charge is -2.21. The predicted molar refractivity (Wildman–Crippen MR) is 170 cm³/mol. The van der Waals surface area contributed by atoms with Gasteiger partial charge in [0, 0.05) is 36.2 Å². The number of hydrogen-bond acceptors (Lipinski definition) is 9. The minimum absolute atomic E-state index is 0.0671. The van der Waals surface area contributed by atoms with Gasteiger partial charge < -0.3 is 26.9 Å². The Kier molecular flexibility index (Phi) is 14.9. The zero-order valence-electron chi connectivity index (χ0n) is 25.5. The number of carbonyl (C=O) groups is 2. The molecule has 3 rings (SSSR count). The monoisotopic (exact) mass is 578 g/mol. The van der Waals surface area contributed by atoms with Gasteiger partial charge in [0.05, 0.1) is 48.2 Å². The highest BCUT2D eigenvalue weighted by Gasteiger charge is 2.19. The summed E-state index contributed by atoms with van der Waals surface area (Å²) in [5, 5.41) is 9.03. The van der Waals surface area contributed by atoms with Crippen LogP contribution in [-0.2, 0) is 14.3 Å². The molecule has 1 aliphatic rings. The largest absolute Gasteiger partial charge is 0.404 e. The fourth-order valence-corrected chi connectivity index (χ4v) is 4.00. The fourth-order valence-electron chi connectivity index (χ4n) is 4.00. The highest BCUT2D eigenvalue weighted by atomic mass is 16.5. The van der Waals surface area contributed by atoms with Crippen LogP contribution in [0.5, 0.6) is 0 Å². The smallest absolute Gasteiger partial charge is 0.278 e. The lowest BCUT2D eigenvalue weighted by atomic mass is 10.00. The second kappa shape index (κ2) is 18.3. The molecular formula is C31H46N8O3. The van der Waals surface area contributed by atoms with Crippen LogP contribution in [0.15, 0.2) is 46.9 Å². The Balaban J connectivity index is 0.000000592. The van der Waals surface area contributed by atoms with E-state index >= 15 is 0 Å². The van der Waals surface area contributed by atoms with Crippen LogP contribution >= 0.6 is 0 Å². The summed E-state index contributed by atoms with van der Waals surface area (Å²) in [4.78, 5) is 37.4. The van der Waals surface area contributed by atoms with Crippen molar-refractivity contribution in [1.29, 1.82) is 0 Å². The third-order valence-corrected chi connectivity index (χ3v) is 6.68. The standard InChI is InChI=1S/C22H26N8O3.C9H20/c1-3-20(31)28-16-6-19(13(2)25-10-16)29-22(32)21(30-24)18-5-4-14(8-27-18)15(7-23)9-26-17-11-33-12-17;1-4-6-8-9(3)7-5-2/h4-10,17H,3,11-12,23-24H2,1-2H3,(H,28,31)(H,29,32);9H,4-8H2,1-3H3/b15-7+,26-9?,30-21+;. The van der Waals surface area contributed by atoms with E-state index in [0.29, 0.717) is 42.3 Å². The molecule has 0 radical (unpaired) electrons. The molecule has 2 aromatic heterocycles. The second-order valence-corrected chi connectivity index (χ2v) is 10.3. The number of nitrogens with two attached hydrogens (primary N) is 2. The Morgan fingerprint density at radius 2 is 1.88 bits per heavy atom. The van der Waals surface area contributed by atoms with Gasteiger partial charge in [-0.3, -0.25) is 24.5 Å². The van der Waals surface area contributed by atoms with Crippen LogP contribution in [0.25, 0.3) is 5.57 Å². The number of ether oxygens (including phenoxy) is 1. The van der Waals surface area contributed by atoms with Crippen LogP contribution in [0.3, 0.4) is 0 Å². The summed E-state index contributed by atoms with van der Waals surface area (Å²) in [6.45, 7) is 11.6. The quantitative estimate of drug-likeness (QED) is 0.150. The number of unbranched alkanes of at least 4 members (excludes halogenated alkanes) is 1. The van der Waals surface area contributed by atoms with Crippen molar-refractivity contribution in [3.8, 4) is 0 Å². The number of hydrazone groups is 1. The van der Waals surface area contributed by atoms with Gasteiger partial charge in [-0.25, -0.2) is 0 Å². The van der Waals surface area contributed by atoms with Gasteiger partial charge >= 0.3 is 0 Å². The van der Waals surface area contributed by atoms with Crippen LogP contribution in [0.1, 0.15) is 83.2 Å². The fraction of sp³-hybridized carbons (Fsp3) is 0.484. The van der Waals surface area contributed by atoms with Gasteiger partial charge in [0.25, 0.3) is 5.91 Å². The van der Waals surface area contributed by atoms with E-state index in [9.17, 15) is 9.59 Å². The summed E-state index contributed by atoms with van der Waals surface area (Å²) >= 11 is 0. The Bertz CT molecular complexity index is 1240. The number of aryl methyl sites for hydroxylation is 1. The van der Waals surface area contributed by atoms with Gasteiger partial charge in [-0.05, 0) is 25.0 Å². The maximum absolute atomic E-state index is 12.8. The average molecular weight is 579 g/mol. The van der Waals surface area contributed by atoms with Crippen LogP contribution in [0, 0.1) is 12.8 Å². The first-order valence-corrected chi connectivity index (χ1v) is 14.6. The molecule has 2 amide bonds. The third kappa shape index (κ3) is 11.0. The van der Waals surface area contributed by atoms with Crippen LogP contribution in [0.4, 0.5) is 11.4 Å². The summed E-state index contributed by atoms with van der Waals surface area (Å²) in [5.41, 5.74) is 8.78. The number of aliphatic imine (C=N–C) groups is 1. The molecule has 1 saturated heterocycles. The molecule has 3 heterocycles. The molecule has 0 aromatic carbocycles. The molecule has 1 aliphatic heterocycles. The summed E-state index contributed by atoms with van der Waals surface area (Å²) in [6.07, 6.45) is 13.5. The van der Waals surface area contributed by atoms with Crippen molar-refractivity contribution in [2.24, 2.45) is 27.6 Å². The molecule has 0 bridgehead atoms. The number of allylic oxidation sites excluding steroid dienone is 1. The van der Waals surface area contributed by atoms with Crippen molar-refractivity contribution >= 4 is 40.7 Å². The van der Waals surface area contributed by atoms with Crippen molar-refractivity contribution in [1.82, 2.24) is 9.97 Å². The Labute approximate surface area is 249 Å². The zero-order chi connectivity index (χ0) is 30.9. The van der Waals surface area contributed by atoms with Gasteiger partial charge in [-0.1, -0.05) is 65.9 Å². The molecule has 11 nitrogen and oxygen atoms in total. The number of aromatic nitrogens is 2. The lowest BCUT2D eigenvalue weighted by Crippen LogP contribution is -2.31. The van der Waals surface area contributed by atoms with Crippen molar-refractivity contribution in [2.45, 2.75) is 79.2 Å². The van der Waals surface area contributed by atoms with E-state index in [-0.39, 0.29) is 23.4 Å². The highest BCUT2D eigenvalue weighted by Crippen LogP contribution is 2.19. The molecule has 42 heavy (non-hydrogen) atoms. The first kappa shape index (κ1) is 34.1. The molecular weight excluding hydrogens is 532 g/mol. The minimum atomic E-state index is -0.567. The molecule has 228 valence electrons. The third-order valence-electron chi connectivity index (χ3n) is 6.68. The highest BCUT2D eigenvalue weighted by molar-refractivity contribution is 6.48. The van der Waals surface area contributed by atoms with E-state index in [1.165, 1.54) is 44.5 Å². The summed E-state index contributed by atoms with van der Waals surface area (Å²) in [5.74, 6) is 5.73. The maximum atomic E-state index is 12.8. The average Bonchev–Trinajstić information content (AvgIpc) is 2.96. The van der Waals surface area contributed by atoms with E-state index in [1.807, 2.05) is 0 Å². The van der Waals surface area contributed by atoms with Gasteiger partial charge in [0.15, 0.2) is 5.71 Å². The molecule has 2 aromatic rings. The van der Waals surface area contributed by atoms with Crippen molar-refractivity contribution in [2.75, 3.05) is 23.8 Å². The van der Waals surface area contributed by atoms with E-state index in [1.54, 1.807) is 44.5 Å². The predicted octanol–water partition coefficient (Wildman–Crippen LogP) is 4.82. The van der Waals surface area contributed by atoms with Crippen LogP contribution in [-0.4, -0.2) is 53.0 Å². The van der Waals surface area contributed by atoms with Crippen molar-refractivity contribution in [3.63, 3.8) is 0 Å². The number of rotatable bonds is 13. The molecule has 0 saturated carbocycles. The first-order chi connectivity index (χ1) is 20.3. The van der Waals surface area contributed by atoms with Crippen molar-refractivity contribution in [3.05, 3.63) is 53.7 Å². The van der Waals surface area contributed by atoms with Gasteiger partial charge in [0.2, 0.25) is 5.91 Å². The zero-order valence-corrected chi connectivity index (χ0v) is 25.5. The summed E-state index contributed by atoms with van der Waals surface area (Å²) < 4.78 is 5.10. The number of nitrogens with one attached hydrogen (secondary N) is 2. The van der Waals surface area contributed by atoms with Gasteiger partial charge in [-0.2, -0.15) is 5.10 Å². The topological polar surface area (TPSA) is 170 Å². The molecule has 1 unspecified atom stereocenters. The van der Waals surface area contributed by atoms with Crippen LogP contribution in [0.2, 0.25) is 0 Å². The summed E-state index contributed by atoms with van der Waals surface area (Å²) in [7, 11) is 0. The Morgan fingerprint density at radius 1 is 1.12 bits per heavy atom.